The third kappa shape index (κ3) is 3.39. The number of nitrogens with zero attached hydrogens (tertiary/aromatic N) is 1. The van der Waals surface area contributed by atoms with E-state index in [-0.39, 0.29) is 5.91 Å². The molecule has 0 saturated carbocycles. The lowest BCUT2D eigenvalue weighted by Crippen LogP contribution is -2.45. The van der Waals surface area contributed by atoms with Gasteiger partial charge in [0.05, 0.1) is 11.2 Å². The number of hydrogen-bond acceptors (Lipinski definition) is 3. The fourth-order valence-corrected chi connectivity index (χ4v) is 2.28. The highest BCUT2D eigenvalue weighted by atomic mass is 16.5. The Morgan fingerprint density at radius 2 is 2.10 bits per heavy atom. The second-order valence-electron chi connectivity index (χ2n) is 5.38. The van der Waals surface area contributed by atoms with Gasteiger partial charge in [-0.1, -0.05) is 24.8 Å². The number of aliphatic hydroxyl groups is 1. The van der Waals surface area contributed by atoms with Crippen molar-refractivity contribution >= 4 is 5.91 Å². The van der Waals surface area contributed by atoms with Gasteiger partial charge in [-0.15, -0.1) is 0 Å². The van der Waals surface area contributed by atoms with E-state index in [2.05, 4.69) is 6.58 Å². The fourth-order valence-electron chi connectivity index (χ4n) is 2.28. The molecule has 4 nitrogen and oxygen atoms in total. The highest BCUT2D eigenvalue weighted by Crippen LogP contribution is 2.25. The van der Waals surface area contributed by atoms with Crippen molar-refractivity contribution in [2.45, 2.75) is 25.4 Å². The van der Waals surface area contributed by atoms with E-state index in [1.54, 1.807) is 23.1 Å². The highest BCUT2D eigenvalue weighted by molar-refractivity contribution is 5.97. The number of ether oxygens (including phenoxy) is 1. The number of para-hydroxylation sites is 1. The second kappa shape index (κ2) is 6.09. The van der Waals surface area contributed by atoms with E-state index >= 15 is 0 Å². The van der Waals surface area contributed by atoms with Crippen molar-refractivity contribution in [3.63, 3.8) is 0 Å². The summed E-state index contributed by atoms with van der Waals surface area (Å²) < 4.78 is 5.52. The summed E-state index contributed by atoms with van der Waals surface area (Å²) in [6, 6.07) is 7.23. The Morgan fingerprint density at radius 1 is 1.45 bits per heavy atom. The van der Waals surface area contributed by atoms with E-state index in [9.17, 15) is 9.90 Å². The Hall–Kier alpha value is -1.81. The van der Waals surface area contributed by atoms with E-state index in [1.807, 2.05) is 19.1 Å². The van der Waals surface area contributed by atoms with Gasteiger partial charge in [-0.2, -0.15) is 0 Å². The number of hydrogen-bond donors (Lipinski definition) is 1. The first kappa shape index (κ1) is 14.6. The molecule has 1 aromatic carbocycles. The van der Waals surface area contributed by atoms with Crippen molar-refractivity contribution in [1.82, 2.24) is 4.90 Å². The number of benzene rings is 1. The van der Waals surface area contributed by atoms with Gasteiger partial charge in [0.1, 0.15) is 12.4 Å². The average molecular weight is 275 g/mol. The second-order valence-corrected chi connectivity index (χ2v) is 5.38. The molecule has 20 heavy (non-hydrogen) atoms. The summed E-state index contributed by atoms with van der Waals surface area (Å²) in [4.78, 5) is 14.3. The molecule has 1 fully saturated rings. The fraction of sp³-hybridized carbons (Fsp3) is 0.438. The zero-order valence-electron chi connectivity index (χ0n) is 11.8. The van der Waals surface area contributed by atoms with Gasteiger partial charge in [-0.25, -0.2) is 0 Å². The molecule has 0 spiro atoms. The van der Waals surface area contributed by atoms with Crippen LogP contribution in [0.4, 0.5) is 0 Å². The molecule has 1 N–H and O–H groups in total. The van der Waals surface area contributed by atoms with E-state index in [0.29, 0.717) is 43.9 Å². The van der Waals surface area contributed by atoms with Gasteiger partial charge in [0.25, 0.3) is 5.91 Å². The predicted octanol–water partition coefficient (Wildman–Crippen LogP) is 2.24. The molecule has 2 rings (SSSR count). The smallest absolute Gasteiger partial charge is 0.257 e. The third-order valence-electron chi connectivity index (χ3n) is 3.60. The quantitative estimate of drug-likeness (QED) is 0.857. The molecule has 0 atom stereocenters. The molecule has 0 bridgehead atoms. The standard InChI is InChI=1S/C16H21NO3/c1-3-12-20-14-7-5-4-6-13(14)15(18)17-10-8-16(2,19)9-11-17/h3-7,19H,1,8-12H2,2H3. The molecular formula is C16H21NO3. The van der Waals surface area contributed by atoms with Gasteiger partial charge in [-0.05, 0) is 31.9 Å². The van der Waals surface area contributed by atoms with Crippen LogP contribution in [-0.2, 0) is 0 Å². The molecule has 0 unspecified atom stereocenters. The number of piperidine rings is 1. The lowest BCUT2D eigenvalue weighted by molar-refractivity contribution is -0.00209. The summed E-state index contributed by atoms with van der Waals surface area (Å²) in [7, 11) is 0. The van der Waals surface area contributed by atoms with Crippen LogP contribution in [0, 0.1) is 0 Å². The minimum absolute atomic E-state index is 0.0415. The zero-order valence-corrected chi connectivity index (χ0v) is 11.8. The average Bonchev–Trinajstić information content (AvgIpc) is 2.45. The van der Waals surface area contributed by atoms with Crippen LogP contribution in [0.15, 0.2) is 36.9 Å². The Kier molecular flexibility index (Phi) is 4.45. The number of likely N-dealkylation sites (tertiary alicyclic amines) is 1. The van der Waals surface area contributed by atoms with Gasteiger partial charge < -0.3 is 14.7 Å². The summed E-state index contributed by atoms with van der Waals surface area (Å²) in [6.45, 7) is 6.94. The van der Waals surface area contributed by atoms with Gasteiger partial charge in [0.2, 0.25) is 0 Å². The lowest BCUT2D eigenvalue weighted by Gasteiger charge is -2.36. The van der Waals surface area contributed by atoms with Gasteiger partial charge >= 0.3 is 0 Å². The van der Waals surface area contributed by atoms with Crippen LogP contribution in [0.2, 0.25) is 0 Å². The maximum Gasteiger partial charge on any atom is 0.257 e. The van der Waals surface area contributed by atoms with E-state index in [0.717, 1.165) is 0 Å². The van der Waals surface area contributed by atoms with Gasteiger partial charge in [-0.3, -0.25) is 4.79 Å². The SMILES string of the molecule is C=CCOc1ccccc1C(=O)N1CCC(C)(O)CC1. The van der Waals surface area contributed by atoms with E-state index in [4.69, 9.17) is 4.74 Å². The molecule has 1 aliphatic heterocycles. The summed E-state index contributed by atoms with van der Waals surface area (Å²) in [6.07, 6.45) is 2.86. The van der Waals surface area contributed by atoms with Crippen LogP contribution >= 0.6 is 0 Å². The largest absolute Gasteiger partial charge is 0.489 e. The Balaban J connectivity index is 2.11. The molecule has 0 aliphatic carbocycles. The zero-order chi connectivity index (χ0) is 14.6. The maximum atomic E-state index is 12.5. The molecule has 1 aromatic rings. The summed E-state index contributed by atoms with van der Waals surface area (Å²) in [5.41, 5.74) is -0.0915. The first-order valence-corrected chi connectivity index (χ1v) is 6.88. The molecular weight excluding hydrogens is 254 g/mol. The van der Waals surface area contributed by atoms with Gasteiger partial charge in [0, 0.05) is 13.1 Å². The molecule has 108 valence electrons. The van der Waals surface area contributed by atoms with Crippen LogP contribution < -0.4 is 4.74 Å². The van der Waals surface area contributed by atoms with E-state index < -0.39 is 5.60 Å². The minimum atomic E-state index is -0.657. The number of carbonyl (C=O) groups excluding carboxylic acids is 1. The third-order valence-corrected chi connectivity index (χ3v) is 3.60. The summed E-state index contributed by atoms with van der Waals surface area (Å²) in [5, 5.41) is 9.94. The van der Waals surface area contributed by atoms with Crippen LogP contribution in [0.25, 0.3) is 0 Å². The molecule has 1 aliphatic rings. The monoisotopic (exact) mass is 275 g/mol. The first-order valence-electron chi connectivity index (χ1n) is 6.88. The molecule has 1 amide bonds. The van der Waals surface area contributed by atoms with Crippen molar-refractivity contribution in [3.8, 4) is 5.75 Å². The van der Waals surface area contributed by atoms with Crippen LogP contribution in [0.1, 0.15) is 30.1 Å². The van der Waals surface area contributed by atoms with E-state index in [1.165, 1.54) is 0 Å². The van der Waals surface area contributed by atoms with Crippen molar-refractivity contribution in [2.24, 2.45) is 0 Å². The highest BCUT2D eigenvalue weighted by Gasteiger charge is 2.30. The summed E-state index contributed by atoms with van der Waals surface area (Å²) >= 11 is 0. The lowest BCUT2D eigenvalue weighted by atomic mass is 9.93. The van der Waals surface area contributed by atoms with Crippen LogP contribution in [-0.4, -0.2) is 41.2 Å². The number of rotatable bonds is 4. The van der Waals surface area contributed by atoms with Crippen molar-refractivity contribution in [3.05, 3.63) is 42.5 Å². The number of amides is 1. The molecule has 1 saturated heterocycles. The van der Waals surface area contributed by atoms with Crippen molar-refractivity contribution < 1.29 is 14.6 Å². The van der Waals surface area contributed by atoms with Crippen molar-refractivity contribution in [2.75, 3.05) is 19.7 Å². The van der Waals surface area contributed by atoms with Gasteiger partial charge in [0.15, 0.2) is 0 Å². The molecule has 0 aromatic heterocycles. The maximum absolute atomic E-state index is 12.5. The first-order chi connectivity index (χ1) is 9.53. The number of carbonyl (C=O) groups is 1. The molecule has 0 radical (unpaired) electrons. The minimum Gasteiger partial charge on any atom is -0.489 e. The van der Waals surface area contributed by atoms with Crippen LogP contribution in [0.3, 0.4) is 0 Å². The van der Waals surface area contributed by atoms with Crippen molar-refractivity contribution in [1.29, 1.82) is 0 Å². The predicted molar refractivity (Wildman–Crippen MR) is 77.9 cm³/mol. The topological polar surface area (TPSA) is 49.8 Å². The van der Waals surface area contributed by atoms with Crippen LogP contribution in [0.5, 0.6) is 5.75 Å². The Bertz CT molecular complexity index is 486. The normalized spacial score (nSPS) is 17.6. The summed E-state index contributed by atoms with van der Waals surface area (Å²) in [5.74, 6) is 0.537. The Morgan fingerprint density at radius 3 is 2.75 bits per heavy atom. The molecule has 4 heteroatoms. The molecule has 1 heterocycles. The Labute approximate surface area is 119 Å².